The first-order valence-corrected chi connectivity index (χ1v) is 5.68. The van der Waals surface area contributed by atoms with E-state index >= 15 is 0 Å². The molecule has 0 amide bonds. The summed E-state index contributed by atoms with van der Waals surface area (Å²) >= 11 is 5.64. The topological polar surface area (TPSA) is 46.5 Å². The van der Waals surface area contributed by atoms with Crippen molar-refractivity contribution >= 4 is 28.3 Å². The first-order valence-electron chi connectivity index (χ1n) is 5.30. The second-order valence-corrected chi connectivity index (χ2v) is 4.31. The normalized spacial score (nSPS) is 10.3. The van der Waals surface area contributed by atoms with Crippen molar-refractivity contribution < 1.29 is 14.6 Å². The van der Waals surface area contributed by atoms with Crippen molar-refractivity contribution in [3.8, 4) is 5.75 Å². The van der Waals surface area contributed by atoms with Crippen molar-refractivity contribution in [2.45, 2.75) is 0 Å². The third-order valence-electron chi connectivity index (χ3n) is 2.48. The molecule has 0 heterocycles. The summed E-state index contributed by atoms with van der Waals surface area (Å²) in [6, 6.07) is 10.7. The summed E-state index contributed by atoms with van der Waals surface area (Å²) in [4.78, 5) is 11.2. The van der Waals surface area contributed by atoms with Crippen LogP contribution in [-0.2, 0) is 0 Å². The van der Waals surface area contributed by atoms with Gasteiger partial charge in [-0.2, -0.15) is 0 Å². The van der Waals surface area contributed by atoms with Gasteiger partial charge in [0.15, 0.2) is 0 Å². The zero-order valence-electron chi connectivity index (χ0n) is 9.52. The van der Waals surface area contributed by atoms with E-state index in [-0.39, 0.29) is 12.2 Å². The number of carboxylic acids is 1. The first-order chi connectivity index (χ1) is 8.59. The van der Waals surface area contributed by atoms with Crippen LogP contribution in [0.2, 0.25) is 0 Å². The maximum atomic E-state index is 11.2. The van der Waals surface area contributed by atoms with Gasteiger partial charge in [-0.15, -0.1) is 0 Å². The van der Waals surface area contributed by atoms with Gasteiger partial charge >= 0.3 is 5.97 Å². The van der Waals surface area contributed by atoms with E-state index in [1.807, 2.05) is 24.3 Å². The van der Waals surface area contributed by atoms with Gasteiger partial charge in [0.25, 0.3) is 0 Å². The van der Waals surface area contributed by atoms with Crippen LogP contribution in [0.3, 0.4) is 0 Å². The summed E-state index contributed by atoms with van der Waals surface area (Å²) in [5, 5.41) is 11.1. The Morgan fingerprint density at radius 1 is 1.28 bits per heavy atom. The smallest absolute Gasteiger partial charge is 0.339 e. The molecule has 4 heteroatoms. The fourth-order valence-electron chi connectivity index (χ4n) is 1.72. The van der Waals surface area contributed by atoms with Gasteiger partial charge in [0.05, 0.1) is 0 Å². The van der Waals surface area contributed by atoms with Crippen molar-refractivity contribution in [2.75, 3.05) is 6.61 Å². The molecule has 0 aromatic heterocycles. The number of benzene rings is 2. The lowest BCUT2D eigenvalue weighted by Gasteiger charge is -2.11. The summed E-state index contributed by atoms with van der Waals surface area (Å²) in [6.07, 6.45) is 0. The molecule has 0 saturated carbocycles. The SMILES string of the molecule is C=C(Cl)COc1c(C(=O)O)ccc2ccccc12. The Labute approximate surface area is 109 Å². The van der Waals surface area contributed by atoms with Gasteiger partial charge in [-0.3, -0.25) is 0 Å². The van der Waals surface area contributed by atoms with Crippen LogP contribution in [0.4, 0.5) is 0 Å². The van der Waals surface area contributed by atoms with E-state index in [9.17, 15) is 4.79 Å². The molecule has 2 aromatic rings. The van der Waals surface area contributed by atoms with Gasteiger partial charge in [-0.25, -0.2) is 4.79 Å². The van der Waals surface area contributed by atoms with Gasteiger partial charge in [0, 0.05) is 10.4 Å². The van der Waals surface area contributed by atoms with Crippen molar-refractivity contribution in [3.05, 3.63) is 53.6 Å². The maximum absolute atomic E-state index is 11.2. The van der Waals surface area contributed by atoms with Crippen LogP contribution in [0.1, 0.15) is 10.4 Å². The first kappa shape index (κ1) is 12.5. The Balaban J connectivity index is 2.58. The Kier molecular flexibility index (Phi) is 3.53. The molecule has 0 aliphatic heterocycles. The number of aromatic carboxylic acids is 1. The van der Waals surface area contributed by atoms with Crippen LogP contribution in [0.15, 0.2) is 48.0 Å². The molecule has 18 heavy (non-hydrogen) atoms. The number of hydrogen-bond acceptors (Lipinski definition) is 2. The van der Waals surface area contributed by atoms with Crippen LogP contribution in [0.5, 0.6) is 5.75 Å². The molecule has 2 aromatic carbocycles. The van der Waals surface area contributed by atoms with Crippen molar-refractivity contribution in [1.29, 1.82) is 0 Å². The minimum absolute atomic E-state index is 0.0792. The highest BCUT2D eigenvalue weighted by Crippen LogP contribution is 2.30. The third-order valence-corrected chi connectivity index (χ3v) is 2.59. The van der Waals surface area contributed by atoms with Crippen molar-refractivity contribution in [2.24, 2.45) is 0 Å². The molecule has 0 fully saturated rings. The van der Waals surface area contributed by atoms with E-state index in [1.165, 1.54) is 6.07 Å². The van der Waals surface area contributed by atoms with Crippen molar-refractivity contribution in [1.82, 2.24) is 0 Å². The van der Waals surface area contributed by atoms with Crippen LogP contribution >= 0.6 is 11.6 Å². The molecular formula is C14H11ClO3. The molecule has 0 radical (unpaired) electrons. The molecule has 0 atom stereocenters. The zero-order valence-corrected chi connectivity index (χ0v) is 10.3. The highest BCUT2D eigenvalue weighted by atomic mass is 35.5. The van der Waals surface area contributed by atoms with E-state index in [0.29, 0.717) is 10.8 Å². The molecule has 1 N–H and O–H groups in total. The number of rotatable bonds is 4. The Morgan fingerprint density at radius 2 is 2.00 bits per heavy atom. The fourth-order valence-corrected chi connectivity index (χ4v) is 1.77. The quantitative estimate of drug-likeness (QED) is 0.914. The van der Waals surface area contributed by atoms with Gasteiger partial charge in [-0.1, -0.05) is 48.5 Å². The Bertz CT molecular complexity index is 619. The Hall–Kier alpha value is -2.00. The third kappa shape index (κ3) is 2.46. The molecule has 3 nitrogen and oxygen atoms in total. The van der Waals surface area contributed by atoms with Crippen molar-refractivity contribution in [3.63, 3.8) is 0 Å². The van der Waals surface area contributed by atoms with E-state index in [0.717, 1.165) is 10.8 Å². The lowest BCUT2D eigenvalue weighted by molar-refractivity contribution is 0.0693. The summed E-state index contributed by atoms with van der Waals surface area (Å²) < 4.78 is 5.46. The summed E-state index contributed by atoms with van der Waals surface area (Å²) in [5.41, 5.74) is 0.117. The monoisotopic (exact) mass is 262 g/mol. The summed E-state index contributed by atoms with van der Waals surface area (Å²) in [7, 11) is 0. The fraction of sp³-hybridized carbons (Fsp3) is 0.0714. The van der Waals surface area contributed by atoms with E-state index in [4.69, 9.17) is 21.4 Å². The average molecular weight is 263 g/mol. The summed E-state index contributed by atoms with van der Waals surface area (Å²) in [5.74, 6) is -0.710. The highest BCUT2D eigenvalue weighted by molar-refractivity contribution is 6.29. The number of carbonyl (C=O) groups is 1. The van der Waals surface area contributed by atoms with Gasteiger partial charge in [0.1, 0.15) is 17.9 Å². The van der Waals surface area contributed by atoms with E-state index in [2.05, 4.69) is 6.58 Å². The number of carboxylic acid groups (broad SMARTS) is 1. The lowest BCUT2D eigenvalue weighted by atomic mass is 10.1. The second kappa shape index (κ2) is 5.10. The maximum Gasteiger partial charge on any atom is 0.339 e. The van der Waals surface area contributed by atoms with Gasteiger partial charge < -0.3 is 9.84 Å². The standard InChI is InChI=1S/C14H11ClO3/c1-9(15)8-18-13-11-5-3-2-4-10(11)6-7-12(13)14(16)17/h2-7H,1,8H2,(H,16,17). The van der Waals surface area contributed by atoms with E-state index in [1.54, 1.807) is 6.07 Å². The molecule has 0 aliphatic rings. The average Bonchev–Trinajstić information content (AvgIpc) is 2.35. The van der Waals surface area contributed by atoms with Crippen LogP contribution in [0.25, 0.3) is 10.8 Å². The van der Waals surface area contributed by atoms with Gasteiger partial charge in [-0.05, 0) is 11.5 Å². The molecule has 0 bridgehead atoms. The molecule has 0 unspecified atom stereocenters. The molecule has 2 rings (SSSR count). The summed E-state index contributed by atoms with van der Waals surface area (Å²) in [6.45, 7) is 3.60. The number of ether oxygens (including phenoxy) is 1. The largest absolute Gasteiger partial charge is 0.486 e. The lowest BCUT2D eigenvalue weighted by Crippen LogP contribution is -2.05. The van der Waals surface area contributed by atoms with Crippen LogP contribution in [-0.4, -0.2) is 17.7 Å². The molecule has 0 spiro atoms. The number of fused-ring (bicyclic) bond motifs is 1. The zero-order chi connectivity index (χ0) is 13.1. The second-order valence-electron chi connectivity index (χ2n) is 3.77. The highest BCUT2D eigenvalue weighted by Gasteiger charge is 2.14. The number of hydrogen-bond donors (Lipinski definition) is 1. The predicted octanol–water partition coefficient (Wildman–Crippen LogP) is 3.67. The van der Waals surface area contributed by atoms with E-state index < -0.39 is 5.97 Å². The Morgan fingerprint density at radius 3 is 2.67 bits per heavy atom. The minimum atomic E-state index is -1.03. The predicted molar refractivity (Wildman–Crippen MR) is 71.4 cm³/mol. The van der Waals surface area contributed by atoms with Gasteiger partial charge in [0.2, 0.25) is 0 Å². The number of halogens is 1. The minimum Gasteiger partial charge on any atom is -0.486 e. The molecule has 0 saturated heterocycles. The van der Waals surface area contributed by atoms with Crippen LogP contribution in [0, 0.1) is 0 Å². The van der Waals surface area contributed by atoms with Crippen LogP contribution < -0.4 is 4.74 Å². The molecule has 0 aliphatic carbocycles. The molecule has 92 valence electrons. The molecular weight excluding hydrogens is 252 g/mol.